The van der Waals surface area contributed by atoms with E-state index in [0.717, 1.165) is 29.2 Å². The third kappa shape index (κ3) is 6.47. The standard InChI is InChI=1S/C30H30ClN5O2/c1-36(19-29(37)32-24-8-4-5-9-24)28-18-26(31)34-27(35-28)16-20-10-14-25(15-11-20)33-30(38)23-13-12-21-6-2-3-7-22(21)17-23/h2-3,6-7,10-15,17-18,24H,4-5,8-9,16,19H2,1H3,(H,32,37)(H,33,38). The zero-order chi connectivity index (χ0) is 26.5. The smallest absolute Gasteiger partial charge is 0.255 e. The van der Waals surface area contributed by atoms with Crippen LogP contribution in [0.2, 0.25) is 5.15 Å². The zero-order valence-corrected chi connectivity index (χ0v) is 22.0. The highest BCUT2D eigenvalue weighted by atomic mass is 35.5. The first-order valence-corrected chi connectivity index (χ1v) is 13.2. The molecule has 0 unspecified atom stereocenters. The molecule has 1 heterocycles. The van der Waals surface area contributed by atoms with Crippen LogP contribution in [0, 0.1) is 0 Å². The molecule has 194 valence electrons. The first-order chi connectivity index (χ1) is 18.4. The Morgan fingerprint density at radius 1 is 0.947 bits per heavy atom. The number of fused-ring (bicyclic) bond motifs is 1. The Hall–Kier alpha value is -3.97. The quantitative estimate of drug-likeness (QED) is 0.290. The van der Waals surface area contributed by atoms with E-state index in [2.05, 4.69) is 20.6 Å². The van der Waals surface area contributed by atoms with Gasteiger partial charge < -0.3 is 15.5 Å². The summed E-state index contributed by atoms with van der Waals surface area (Å²) in [4.78, 5) is 36.0. The number of carbonyl (C=O) groups is 2. The van der Waals surface area contributed by atoms with E-state index in [9.17, 15) is 9.59 Å². The first kappa shape index (κ1) is 25.7. The van der Waals surface area contributed by atoms with Crippen molar-refractivity contribution in [1.29, 1.82) is 0 Å². The third-order valence-electron chi connectivity index (χ3n) is 6.81. The summed E-state index contributed by atoms with van der Waals surface area (Å²) in [7, 11) is 1.82. The number of aromatic nitrogens is 2. The second kappa shape index (κ2) is 11.6. The topological polar surface area (TPSA) is 87.2 Å². The minimum absolute atomic E-state index is 0.0167. The van der Waals surface area contributed by atoms with Crippen LogP contribution in [0.5, 0.6) is 0 Å². The van der Waals surface area contributed by atoms with Crippen LogP contribution in [0.25, 0.3) is 10.8 Å². The SMILES string of the molecule is CN(CC(=O)NC1CCCC1)c1cc(Cl)nc(Cc2ccc(NC(=O)c3ccc4ccccc4c3)cc2)n1. The van der Waals surface area contributed by atoms with Gasteiger partial charge in [0.1, 0.15) is 16.8 Å². The van der Waals surface area contributed by atoms with Crippen molar-refractivity contribution < 1.29 is 9.59 Å². The summed E-state index contributed by atoms with van der Waals surface area (Å²) in [5, 5.41) is 8.50. The fraction of sp³-hybridized carbons (Fsp3) is 0.267. The molecule has 0 aliphatic heterocycles. The van der Waals surface area contributed by atoms with Gasteiger partial charge in [0.15, 0.2) is 0 Å². The number of carbonyl (C=O) groups excluding carboxylic acids is 2. The molecule has 38 heavy (non-hydrogen) atoms. The van der Waals surface area contributed by atoms with E-state index in [4.69, 9.17) is 11.6 Å². The number of rotatable bonds is 8. The second-order valence-corrected chi connectivity index (χ2v) is 10.1. The molecule has 0 bridgehead atoms. The van der Waals surface area contributed by atoms with Gasteiger partial charge in [-0.3, -0.25) is 9.59 Å². The van der Waals surface area contributed by atoms with Crippen molar-refractivity contribution in [2.45, 2.75) is 38.1 Å². The molecule has 4 aromatic rings. The van der Waals surface area contributed by atoms with Crippen LogP contribution < -0.4 is 15.5 Å². The highest BCUT2D eigenvalue weighted by molar-refractivity contribution is 6.29. The Labute approximate surface area is 227 Å². The fourth-order valence-corrected chi connectivity index (χ4v) is 4.98. The lowest BCUT2D eigenvalue weighted by molar-refractivity contribution is -0.120. The van der Waals surface area contributed by atoms with Crippen molar-refractivity contribution in [3.05, 3.63) is 94.9 Å². The minimum Gasteiger partial charge on any atom is -0.352 e. The lowest BCUT2D eigenvalue weighted by Gasteiger charge is -2.20. The highest BCUT2D eigenvalue weighted by Gasteiger charge is 2.19. The monoisotopic (exact) mass is 527 g/mol. The molecule has 0 atom stereocenters. The summed E-state index contributed by atoms with van der Waals surface area (Å²) in [6.07, 6.45) is 4.90. The number of amides is 2. The number of benzene rings is 3. The molecule has 1 aromatic heterocycles. The third-order valence-corrected chi connectivity index (χ3v) is 7.00. The van der Waals surface area contributed by atoms with Crippen LogP contribution >= 0.6 is 11.6 Å². The molecule has 0 radical (unpaired) electrons. The molecule has 0 saturated heterocycles. The molecule has 2 amide bonds. The van der Waals surface area contributed by atoms with Gasteiger partial charge in [0, 0.05) is 36.8 Å². The van der Waals surface area contributed by atoms with Crippen molar-refractivity contribution in [3.63, 3.8) is 0 Å². The predicted molar refractivity (Wildman–Crippen MR) is 152 cm³/mol. The van der Waals surface area contributed by atoms with E-state index >= 15 is 0 Å². The number of likely N-dealkylation sites (N-methyl/N-ethyl adjacent to an activating group) is 1. The number of nitrogens with one attached hydrogen (secondary N) is 2. The second-order valence-electron chi connectivity index (χ2n) is 9.76. The summed E-state index contributed by atoms with van der Waals surface area (Å²) in [5.74, 6) is 0.979. The number of nitrogens with zero attached hydrogens (tertiary/aromatic N) is 3. The summed E-state index contributed by atoms with van der Waals surface area (Å²) in [6.45, 7) is 0.203. The van der Waals surface area contributed by atoms with Gasteiger partial charge in [-0.15, -0.1) is 0 Å². The lowest BCUT2D eigenvalue weighted by Crippen LogP contribution is -2.40. The highest BCUT2D eigenvalue weighted by Crippen LogP contribution is 2.21. The summed E-state index contributed by atoms with van der Waals surface area (Å²) < 4.78 is 0. The maximum Gasteiger partial charge on any atom is 0.255 e. The number of hydrogen-bond acceptors (Lipinski definition) is 5. The molecule has 1 aliphatic rings. The van der Waals surface area contributed by atoms with Crippen LogP contribution in [0.4, 0.5) is 11.5 Å². The maximum atomic E-state index is 12.8. The number of halogens is 1. The summed E-state index contributed by atoms with van der Waals surface area (Å²) in [6, 6.07) is 23.1. The van der Waals surface area contributed by atoms with E-state index in [1.807, 2.05) is 73.8 Å². The van der Waals surface area contributed by atoms with E-state index in [-0.39, 0.29) is 24.4 Å². The molecule has 0 spiro atoms. The summed E-state index contributed by atoms with van der Waals surface area (Å²) >= 11 is 6.29. The Kier molecular flexibility index (Phi) is 7.84. The van der Waals surface area contributed by atoms with Gasteiger partial charge in [-0.25, -0.2) is 9.97 Å². The van der Waals surface area contributed by atoms with Gasteiger partial charge in [-0.2, -0.15) is 0 Å². The molecule has 7 nitrogen and oxygen atoms in total. The fourth-order valence-electron chi connectivity index (χ4n) is 4.79. The Morgan fingerprint density at radius 2 is 1.68 bits per heavy atom. The van der Waals surface area contributed by atoms with Crippen molar-refractivity contribution >= 4 is 45.7 Å². The molecule has 3 aromatic carbocycles. The first-order valence-electron chi connectivity index (χ1n) is 12.9. The van der Waals surface area contributed by atoms with Gasteiger partial charge >= 0.3 is 0 Å². The van der Waals surface area contributed by atoms with E-state index in [1.54, 1.807) is 11.0 Å². The molecule has 1 aliphatic carbocycles. The van der Waals surface area contributed by atoms with Crippen molar-refractivity contribution in [2.75, 3.05) is 23.8 Å². The zero-order valence-electron chi connectivity index (χ0n) is 21.3. The van der Waals surface area contributed by atoms with E-state index < -0.39 is 0 Å². The van der Waals surface area contributed by atoms with Crippen molar-refractivity contribution in [1.82, 2.24) is 15.3 Å². The molecule has 1 fully saturated rings. The van der Waals surface area contributed by atoms with Crippen molar-refractivity contribution in [2.24, 2.45) is 0 Å². The van der Waals surface area contributed by atoms with Gasteiger partial charge in [-0.1, -0.05) is 66.9 Å². The molecular formula is C30H30ClN5O2. The van der Waals surface area contributed by atoms with Crippen LogP contribution in [-0.2, 0) is 11.2 Å². The van der Waals surface area contributed by atoms with Crippen LogP contribution in [0.3, 0.4) is 0 Å². The Balaban J connectivity index is 1.20. The molecular weight excluding hydrogens is 498 g/mol. The van der Waals surface area contributed by atoms with Crippen LogP contribution in [0.15, 0.2) is 72.8 Å². The van der Waals surface area contributed by atoms with Crippen LogP contribution in [-0.4, -0.2) is 41.4 Å². The maximum absolute atomic E-state index is 12.8. The van der Waals surface area contributed by atoms with Gasteiger partial charge in [0.2, 0.25) is 5.91 Å². The predicted octanol–water partition coefficient (Wildman–Crippen LogP) is 5.62. The van der Waals surface area contributed by atoms with Crippen molar-refractivity contribution in [3.8, 4) is 0 Å². The average Bonchev–Trinajstić information content (AvgIpc) is 3.42. The van der Waals surface area contributed by atoms with Gasteiger partial charge in [-0.05, 0) is 53.4 Å². The van der Waals surface area contributed by atoms with E-state index in [1.165, 1.54) is 12.8 Å². The van der Waals surface area contributed by atoms with Gasteiger partial charge in [0.05, 0.1) is 6.54 Å². The number of hydrogen-bond donors (Lipinski definition) is 2. The molecule has 5 rings (SSSR count). The lowest BCUT2D eigenvalue weighted by atomic mass is 10.1. The largest absolute Gasteiger partial charge is 0.352 e. The molecule has 1 saturated carbocycles. The van der Waals surface area contributed by atoms with Crippen LogP contribution in [0.1, 0.15) is 47.4 Å². The molecule has 8 heteroatoms. The van der Waals surface area contributed by atoms with E-state index in [0.29, 0.717) is 34.5 Å². The average molecular weight is 528 g/mol. The Bertz CT molecular complexity index is 1450. The Morgan fingerprint density at radius 3 is 2.45 bits per heavy atom. The number of anilines is 2. The molecule has 2 N–H and O–H groups in total. The minimum atomic E-state index is -0.161. The summed E-state index contributed by atoms with van der Waals surface area (Å²) in [5.41, 5.74) is 2.28. The van der Waals surface area contributed by atoms with Gasteiger partial charge in [0.25, 0.3) is 5.91 Å². The normalized spacial score (nSPS) is 13.4.